The van der Waals surface area contributed by atoms with E-state index in [4.69, 9.17) is 0 Å². The van der Waals surface area contributed by atoms with E-state index in [9.17, 15) is 4.79 Å². The van der Waals surface area contributed by atoms with Gasteiger partial charge < -0.3 is 4.90 Å². The zero-order valence-corrected chi connectivity index (χ0v) is 13.4. The Morgan fingerprint density at radius 2 is 1.29 bits per heavy atom. The highest BCUT2D eigenvalue weighted by atomic mass is 16.2. The van der Waals surface area contributed by atoms with Gasteiger partial charge in [0.25, 0.3) is 5.91 Å². The molecule has 2 heteroatoms. The van der Waals surface area contributed by atoms with E-state index < -0.39 is 0 Å². The molecule has 118 valence electrons. The van der Waals surface area contributed by atoms with Gasteiger partial charge in [0.1, 0.15) is 0 Å². The Bertz CT molecular complexity index is 795. The molecule has 0 fully saturated rings. The van der Waals surface area contributed by atoms with Crippen LogP contribution in [0.3, 0.4) is 0 Å². The maximum atomic E-state index is 12.8. The lowest BCUT2D eigenvalue weighted by Crippen LogP contribution is -2.28. The van der Waals surface area contributed by atoms with E-state index in [2.05, 4.69) is 0 Å². The SMILES string of the molecule is O=C(/C=C/c1ccccc1)N(Cc1ccccc1)c1ccccc1. The van der Waals surface area contributed by atoms with Gasteiger partial charge in [-0.25, -0.2) is 0 Å². The van der Waals surface area contributed by atoms with Crippen molar-refractivity contribution in [1.29, 1.82) is 0 Å². The monoisotopic (exact) mass is 313 g/mol. The molecule has 24 heavy (non-hydrogen) atoms. The molecule has 0 aromatic heterocycles. The molecular weight excluding hydrogens is 294 g/mol. The molecule has 3 aromatic carbocycles. The van der Waals surface area contributed by atoms with Gasteiger partial charge in [-0.3, -0.25) is 4.79 Å². The molecule has 0 radical (unpaired) electrons. The van der Waals surface area contributed by atoms with Gasteiger partial charge in [-0.1, -0.05) is 78.9 Å². The number of rotatable bonds is 5. The molecule has 1 amide bonds. The molecule has 3 aromatic rings. The van der Waals surface area contributed by atoms with Crippen LogP contribution in [0.15, 0.2) is 97.1 Å². The summed E-state index contributed by atoms with van der Waals surface area (Å²) < 4.78 is 0. The van der Waals surface area contributed by atoms with Crippen LogP contribution in [0.25, 0.3) is 6.08 Å². The molecule has 0 aliphatic heterocycles. The lowest BCUT2D eigenvalue weighted by Gasteiger charge is -2.21. The van der Waals surface area contributed by atoms with Crippen LogP contribution in [0.2, 0.25) is 0 Å². The molecule has 0 spiro atoms. The summed E-state index contributed by atoms with van der Waals surface area (Å²) in [6, 6.07) is 29.6. The number of hydrogen-bond acceptors (Lipinski definition) is 1. The standard InChI is InChI=1S/C22H19NO/c24-22(17-16-19-10-4-1-5-11-19)23(21-14-8-3-9-15-21)18-20-12-6-2-7-13-20/h1-17H,18H2/b17-16+. The van der Waals surface area contributed by atoms with Crippen molar-refractivity contribution >= 4 is 17.7 Å². The first-order valence-corrected chi connectivity index (χ1v) is 7.96. The maximum Gasteiger partial charge on any atom is 0.251 e. The number of amides is 1. The summed E-state index contributed by atoms with van der Waals surface area (Å²) in [5.74, 6) is -0.0334. The van der Waals surface area contributed by atoms with E-state index in [1.54, 1.807) is 11.0 Å². The Morgan fingerprint density at radius 3 is 1.92 bits per heavy atom. The van der Waals surface area contributed by atoms with Gasteiger partial charge >= 0.3 is 0 Å². The Labute approximate surface area is 142 Å². The van der Waals surface area contributed by atoms with Gasteiger partial charge in [0.15, 0.2) is 0 Å². The predicted molar refractivity (Wildman–Crippen MR) is 99.6 cm³/mol. The molecular formula is C22H19NO. The molecule has 0 unspecified atom stereocenters. The van der Waals surface area contributed by atoms with Crippen LogP contribution < -0.4 is 4.90 Å². The Balaban J connectivity index is 1.84. The summed E-state index contributed by atoms with van der Waals surface area (Å²) in [7, 11) is 0. The summed E-state index contributed by atoms with van der Waals surface area (Å²) >= 11 is 0. The van der Waals surface area contributed by atoms with Gasteiger partial charge in [-0.15, -0.1) is 0 Å². The summed E-state index contributed by atoms with van der Waals surface area (Å²) in [4.78, 5) is 14.5. The zero-order chi connectivity index (χ0) is 16.6. The smallest absolute Gasteiger partial charge is 0.251 e. The molecule has 0 N–H and O–H groups in total. The Hall–Kier alpha value is -3.13. The van der Waals surface area contributed by atoms with Gasteiger partial charge in [0.2, 0.25) is 0 Å². The first-order chi connectivity index (χ1) is 11.8. The third-order valence-corrected chi connectivity index (χ3v) is 3.74. The number of carbonyl (C=O) groups excluding carboxylic acids is 1. The molecule has 0 saturated carbocycles. The Morgan fingerprint density at radius 1 is 0.750 bits per heavy atom. The lowest BCUT2D eigenvalue weighted by atomic mass is 10.1. The predicted octanol–water partition coefficient (Wildman–Crippen LogP) is 4.93. The van der Waals surface area contributed by atoms with Crippen LogP contribution in [0.4, 0.5) is 5.69 Å². The van der Waals surface area contributed by atoms with Crippen LogP contribution >= 0.6 is 0 Å². The quantitative estimate of drug-likeness (QED) is 0.611. The topological polar surface area (TPSA) is 20.3 Å². The number of hydrogen-bond donors (Lipinski definition) is 0. The van der Waals surface area contributed by atoms with Gasteiger partial charge in [-0.05, 0) is 29.3 Å². The minimum atomic E-state index is -0.0334. The fourth-order valence-electron chi connectivity index (χ4n) is 2.49. The summed E-state index contributed by atoms with van der Waals surface area (Å²) in [5.41, 5.74) is 3.01. The lowest BCUT2D eigenvalue weighted by molar-refractivity contribution is -0.114. The third kappa shape index (κ3) is 4.20. The summed E-state index contributed by atoms with van der Waals surface area (Å²) in [6.07, 6.45) is 3.48. The van der Waals surface area contributed by atoms with Gasteiger partial charge in [0.05, 0.1) is 6.54 Å². The summed E-state index contributed by atoms with van der Waals surface area (Å²) in [5, 5.41) is 0. The van der Waals surface area contributed by atoms with Crippen LogP contribution in [0.1, 0.15) is 11.1 Å². The fraction of sp³-hybridized carbons (Fsp3) is 0.0455. The average molecular weight is 313 g/mol. The van der Waals surface area contributed by atoms with E-state index in [0.717, 1.165) is 16.8 Å². The van der Waals surface area contributed by atoms with Crippen LogP contribution in [-0.2, 0) is 11.3 Å². The molecule has 0 heterocycles. The molecule has 2 nitrogen and oxygen atoms in total. The highest BCUT2D eigenvalue weighted by molar-refractivity contribution is 6.03. The van der Waals surface area contributed by atoms with Crippen molar-refractivity contribution in [1.82, 2.24) is 0 Å². The van der Waals surface area contributed by atoms with Crippen molar-refractivity contribution < 1.29 is 4.79 Å². The number of para-hydroxylation sites is 1. The van der Waals surface area contributed by atoms with Crippen LogP contribution in [0.5, 0.6) is 0 Å². The van der Waals surface area contributed by atoms with E-state index in [-0.39, 0.29) is 5.91 Å². The van der Waals surface area contributed by atoms with Crippen molar-refractivity contribution in [2.75, 3.05) is 4.90 Å². The molecule has 0 aliphatic carbocycles. The first-order valence-electron chi connectivity index (χ1n) is 7.96. The van der Waals surface area contributed by atoms with Crippen LogP contribution in [-0.4, -0.2) is 5.91 Å². The van der Waals surface area contributed by atoms with E-state index in [0.29, 0.717) is 6.54 Å². The van der Waals surface area contributed by atoms with Crippen molar-refractivity contribution in [2.45, 2.75) is 6.54 Å². The zero-order valence-electron chi connectivity index (χ0n) is 13.4. The fourth-order valence-corrected chi connectivity index (χ4v) is 2.49. The molecule has 0 aliphatic rings. The van der Waals surface area contributed by atoms with Gasteiger partial charge in [0, 0.05) is 11.8 Å². The van der Waals surface area contributed by atoms with Gasteiger partial charge in [-0.2, -0.15) is 0 Å². The van der Waals surface area contributed by atoms with Crippen LogP contribution in [0, 0.1) is 0 Å². The molecule has 3 rings (SSSR count). The van der Waals surface area contributed by atoms with E-state index >= 15 is 0 Å². The number of nitrogens with zero attached hydrogens (tertiary/aromatic N) is 1. The van der Waals surface area contributed by atoms with Crippen molar-refractivity contribution in [3.05, 3.63) is 108 Å². The van der Waals surface area contributed by atoms with E-state index in [1.165, 1.54) is 0 Å². The molecule has 0 saturated heterocycles. The first kappa shape index (κ1) is 15.8. The second-order valence-corrected chi connectivity index (χ2v) is 5.49. The molecule has 0 atom stereocenters. The highest BCUT2D eigenvalue weighted by Gasteiger charge is 2.13. The van der Waals surface area contributed by atoms with E-state index in [1.807, 2.05) is 97.1 Å². The summed E-state index contributed by atoms with van der Waals surface area (Å²) in [6.45, 7) is 0.544. The van der Waals surface area contributed by atoms with Crippen molar-refractivity contribution in [2.24, 2.45) is 0 Å². The maximum absolute atomic E-state index is 12.8. The highest BCUT2D eigenvalue weighted by Crippen LogP contribution is 2.18. The number of carbonyl (C=O) groups is 1. The number of anilines is 1. The molecule has 0 bridgehead atoms. The second-order valence-electron chi connectivity index (χ2n) is 5.49. The normalized spacial score (nSPS) is 10.7. The minimum absolute atomic E-state index is 0.0334. The minimum Gasteiger partial charge on any atom is -0.304 e. The number of benzene rings is 3. The van der Waals surface area contributed by atoms with Crippen molar-refractivity contribution in [3.8, 4) is 0 Å². The Kier molecular flexibility index (Phi) is 5.21. The third-order valence-electron chi connectivity index (χ3n) is 3.74. The van der Waals surface area contributed by atoms with Crippen molar-refractivity contribution in [3.63, 3.8) is 0 Å². The largest absolute Gasteiger partial charge is 0.304 e. The second kappa shape index (κ2) is 7.93. The average Bonchev–Trinajstić information content (AvgIpc) is 2.66.